The molecule has 1 heterocycles. The Morgan fingerprint density at radius 1 is 1.30 bits per heavy atom. The highest BCUT2D eigenvalue weighted by Crippen LogP contribution is 2.17. The van der Waals surface area contributed by atoms with Crippen molar-refractivity contribution in [3.8, 4) is 11.4 Å². The molecule has 5 nitrogen and oxygen atoms in total. The summed E-state index contributed by atoms with van der Waals surface area (Å²) in [5.74, 6) is 0.843. The van der Waals surface area contributed by atoms with Gasteiger partial charge in [-0.3, -0.25) is 0 Å². The van der Waals surface area contributed by atoms with Gasteiger partial charge in [-0.25, -0.2) is 4.68 Å². The van der Waals surface area contributed by atoms with Gasteiger partial charge in [0.2, 0.25) is 0 Å². The normalized spacial score (nSPS) is 11.6. The second kappa shape index (κ2) is 6.05. The minimum absolute atomic E-state index is 0.0578. The van der Waals surface area contributed by atoms with E-state index in [4.69, 9.17) is 4.74 Å². The van der Waals surface area contributed by atoms with Crippen LogP contribution in [0.15, 0.2) is 30.5 Å². The van der Waals surface area contributed by atoms with Crippen molar-refractivity contribution in [3.63, 3.8) is 0 Å². The second-order valence-corrected chi connectivity index (χ2v) is 5.67. The van der Waals surface area contributed by atoms with Gasteiger partial charge in [0, 0.05) is 18.2 Å². The molecule has 0 unspecified atom stereocenters. The molecule has 108 valence electrons. The summed E-state index contributed by atoms with van der Waals surface area (Å²) in [5.41, 5.74) is 2.04. The molecule has 0 aliphatic heterocycles. The van der Waals surface area contributed by atoms with Crippen LogP contribution in [-0.2, 0) is 6.54 Å². The first kappa shape index (κ1) is 14.5. The van der Waals surface area contributed by atoms with E-state index in [9.17, 15) is 0 Å². The Balaban J connectivity index is 2.21. The molecule has 0 aliphatic rings. The van der Waals surface area contributed by atoms with E-state index in [0.29, 0.717) is 6.61 Å². The van der Waals surface area contributed by atoms with Gasteiger partial charge in [0.1, 0.15) is 5.75 Å². The van der Waals surface area contributed by atoms with Gasteiger partial charge >= 0.3 is 0 Å². The van der Waals surface area contributed by atoms with Gasteiger partial charge in [0.25, 0.3) is 0 Å². The Morgan fingerprint density at radius 2 is 2.10 bits per heavy atom. The van der Waals surface area contributed by atoms with Gasteiger partial charge in [-0.2, -0.15) is 0 Å². The molecule has 0 spiro atoms. The molecule has 1 aromatic heterocycles. The molecule has 1 N–H and O–H groups in total. The number of rotatable bonds is 5. The first-order chi connectivity index (χ1) is 9.49. The summed E-state index contributed by atoms with van der Waals surface area (Å²) in [6, 6.07) is 7.87. The molecule has 0 radical (unpaired) electrons. The molecule has 20 heavy (non-hydrogen) atoms. The summed E-state index contributed by atoms with van der Waals surface area (Å²) in [7, 11) is 0. The zero-order valence-corrected chi connectivity index (χ0v) is 12.6. The molecule has 1 aromatic carbocycles. The van der Waals surface area contributed by atoms with Crippen LogP contribution >= 0.6 is 0 Å². The molecule has 0 amide bonds. The van der Waals surface area contributed by atoms with E-state index in [2.05, 4.69) is 36.4 Å². The van der Waals surface area contributed by atoms with Crippen molar-refractivity contribution in [2.24, 2.45) is 0 Å². The number of nitrogens with zero attached hydrogens (tertiary/aromatic N) is 3. The van der Waals surface area contributed by atoms with Gasteiger partial charge < -0.3 is 10.1 Å². The topological polar surface area (TPSA) is 52.0 Å². The van der Waals surface area contributed by atoms with E-state index >= 15 is 0 Å². The standard InChI is InChI=1S/C15H22N4O/c1-5-20-14-8-6-7-12(9-14)19-13(11-17-18-19)10-16-15(2,3)4/h6-9,11,16H,5,10H2,1-4H3. The Labute approximate surface area is 120 Å². The fraction of sp³-hybridized carbons (Fsp3) is 0.467. The summed E-state index contributed by atoms with van der Waals surface area (Å²) < 4.78 is 7.36. The van der Waals surface area contributed by atoms with Crippen molar-refractivity contribution in [1.29, 1.82) is 0 Å². The second-order valence-electron chi connectivity index (χ2n) is 5.67. The Hall–Kier alpha value is -1.88. The minimum atomic E-state index is 0.0578. The molecule has 0 fully saturated rings. The number of aromatic nitrogens is 3. The van der Waals surface area contributed by atoms with Crippen LogP contribution in [0.2, 0.25) is 0 Å². The fourth-order valence-electron chi connectivity index (χ4n) is 1.82. The van der Waals surface area contributed by atoms with Crippen LogP contribution in [0.5, 0.6) is 5.75 Å². The Morgan fingerprint density at radius 3 is 2.80 bits per heavy atom. The third-order valence-electron chi connectivity index (χ3n) is 2.79. The van der Waals surface area contributed by atoms with Gasteiger partial charge in [0.15, 0.2) is 0 Å². The van der Waals surface area contributed by atoms with Crippen molar-refractivity contribution < 1.29 is 4.74 Å². The molecule has 5 heteroatoms. The monoisotopic (exact) mass is 274 g/mol. The van der Waals surface area contributed by atoms with Gasteiger partial charge in [0.05, 0.1) is 24.2 Å². The smallest absolute Gasteiger partial charge is 0.121 e. The van der Waals surface area contributed by atoms with Gasteiger partial charge in [-0.15, -0.1) is 5.10 Å². The molecule has 0 saturated carbocycles. The van der Waals surface area contributed by atoms with Crippen LogP contribution in [0, 0.1) is 0 Å². The Bertz CT molecular complexity index is 557. The summed E-state index contributed by atoms with van der Waals surface area (Å²) in [4.78, 5) is 0. The number of benzene rings is 1. The van der Waals surface area contributed by atoms with Gasteiger partial charge in [-0.05, 0) is 39.8 Å². The summed E-state index contributed by atoms with van der Waals surface area (Å²) >= 11 is 0. The SMILES string of the molecule is CCOc1cccc(-n2nncc2CNC(C)(C)C)c1. The molecular formula is C15H22N4O. The predicted molar refractivity (Wildman–Crippen MR) is 79.1 cm³/mol. The maximum Gasteiger partial charge on any atom is 0.121 e. The predicted octanol–water partition coefficient (Wildman–Crippen LogP) is 2.55. The van der Waals surface area contributed by atoms with Crippen molar-refractivity contribution in [2.45, 2.75) is 39.8 Å². The van der Waals surface area contributed by atoms with Gasteiger partial charge in [-0.1, -0.05) is 11.3 Å². The highest BCUT2D eigenvalue weighted by atomic mass is 16.5. The lowest BCUT2D eigenvalue weighted by molar-refractivity contribution is 0.340. The third-order valence-corrected chi connectivity index (χ3v) is 2.79. The highest BCUT2D eigenvalue weighted by molar-refractivity contribution is 5.39. The zero-order valence-electron chi connectivity index (χ0n) is 12.6. The first-order valence-corrected chi connectivity index (χ1v) is 6.87. The van der Waals surface area contributed by atoms with Crippen molar-refractivity contribution in [3.05, 3.63) is 36.2 Å². The van der Waals surface area contributed by atoms with E-state index in [0.717, 1.165) is 23.7 Å². The molecular weight excluding hydrogens is 252 g/mol. The van der Waals surface area contributed by atoms with E-state index < -0.39 is 0 Å². The van der Waals surface area contributed by atoms with Crippen LogP contribution < -0.4 is 10.1 Å². The third kappa shape index (κ3) is 3.81. The molecule has 0 aliphatic carbocycles. The lowest BCUT2D eigenvalue weighted by Crippen LogP contribution is -2.35. The molecule has 0 atom stereocenters. The summed E-state index contributed by atoms with van der Waals surface area (Å²) in [6.45, 7) is 9.75. The number of hydrogen-bond donors (Lipinski definition) is 1. The van der Waals surface area contributed by atoms with Crippen molar-refractivity contribution in [2.75, 3.05) is 6.61 Å². The maximum absolute atomic E-state index is 5.52. The number of hydrogen-bond acceptors (Lipinski definition) is 4. The van der Waals surface area contributed by atoms with E-state index in [-0.39, 0.29) is 5.54 Å². The molecule has 0 bridgehead atoms. The van der Waals surface area contributed by atoms with E-state index in [1.165, 1.54) is 0 Å². The van der Waals surface area contributed by atoms with Crippen molar-refractivity contribution >= 4 is 0 Å². The average molecular weight is 274 g/mol. The molecule has 2 rings (SSSR count). The van der Waals surface area contributed by atoms with Crippen LogP contribution in [-0.4, -0.2) is 27.1 Å². The summed E-state index contributed by atoms with van der Waals surface area (Å²) in [6.07, 6.45) is 1.78. The molecule has 2 aromatic rings. The lowest BCUT2D eigenvalue weighted by atomic mass is 10.1. The van der Waals surface area contributed by atoms with Crippen LogP contribution in [0.25, 0.3) is 5.69 Å². The summed E-state index contributed by atoms with van der Waals surface area (Å²) in [5, 5.41) is 11.6. The highest BCUT2D eigenvalue weighted by Gasteiger charge is 2.12. The number of nitrogens with one attached hydrogen (secondary N) is 1. The fourth-order valence-corrected chi connectivity index (χ4v) is 1.82. The lowest BCUT2D eigenvalue weighted by Gasteiger charge is -2.20. The molecule has 0 saturated heterocycles. The van der Waals surface area contributed by atoms with Crippen LogP contribution in [0.1, 0.15) is 33.4 Å². The van der Waals surface area contributed by atoms with Crippen LogP contribution in [0.3, 0.4) is 0 Å². The van der Waals surface area contributed by atoms with E-state index in [1.54, 1.807) is 6.20 Å². The Kier molecular flexibility index (Phi) is 4.39. The van der Waals surface area contributed by atoms with E-state index in [1.807, 2.05) is 35.9 Å². The van der Waals surface area contributed by atoms with Crippen LogP contribution in [0.4, 0.5) is 0 Å². The largest absolute Gasteiger partial charge is 0.494 e. The number of ether oxygens (including phenoxy) is 1. The quantitative estimate of drug-likeness (QED) is 0.910. The average Bonchev–Trinajstić information content (AvgIpc) is 2.84. The zero-order chi connectivity index (χ0) is 14.6. The maximum atomic E-state index is 5.52. The van der Waals surface area contributed by atoms with Crippen molar-refractivity contribution in [1.82, 2.24) is 20.3 Å². The minimum Gasteiger partial charge on any atom is -0.494 e. The first-order valence-electron chi connectivity index (χ1n) is 6.87.